The first-order valence-electron chi connectivity index (χ1n) is 8.20. The number of ether oxygens (including phenoxy) is 1. The molecule has 3 heterocycles. The number of allylic oxidation sites excluding steroid dienone is 1. The zero-order valence-electron chi connectivity index (χ0n) is 14.8. The molecule has 1 fully saturated rings. The van der Waals surface area contributed by atoms with Crippen LogP contribution in [0.2, 0.25) is 5.28 Å². The molecule has 0 radical (unpaired) electrons. The molecule has 0 aromatic carbocycles. The van der Waals surface area contributed by atoms with Gasteiger partial charge in [-0.2, -0.15) is 4.98 Å². The van der Waals surface area contributed by atoms with Crippen LogP contribution in [0.4, 0.5) is 5.82 Å². The van der Waals surface area contributed by atoms with Crippen LogP contribution < -0.4 is 4.90 Å². The number of aliphatic imine (C=N–C) groups is 2. The number of fused-ring (bicyclic) bond motifs is 1. The predicted octanol–water partition coefficient (Wildman–Crippen LogP) is 1.00. The van der Waals surface area contributed by atoms with Crippen LogP contribution in [0.3, 0.4) is 0 Å². The van der Waals surface area contributed by atoms with Crippen LogP contribution in [-0.4, -0.2) is 84.2 Å². The monoisotopic (exact) mass is 390 g/mol. The van der Waals surface area contributed by atoms with E-state index in [1.165, 1.54) is 11.1 Å². The number of aromatic amines is 1. The number of amides is 1. The second-order valence-corrected chi connectivity index (χ2v) is 6.14. The molecule has 1 aliphatic heterocycles. The fraction of sp³-hybridized carbons (Fsp3) is 0.375. The molecule has 3 rings (SSSR count). The summed E-state index contributed by atoms with van der Waals surface area (Å²) in [5.74, 6) is 1.07. The molecule has 2 aromatic heterocycles. The van der Waals surface area contributed by atoms with Gasteiger partial charge in [0.25, 0.3) is 0 Å². The summed E-state index contributed by atoms with van der Waals surface area (Å²) < 4.78 is 5.41. The molecular formula is C16H19ClN8O2. The van der Waals surface area contributed by atoms with E-state index in [2.05, 4.69) is 41.5 Å². The Hall–Kier alpha value is -2.85. The maximum atomic E-state index is 10.7. The van der Waals surface area contributed by atoms with E-state index in [9.17, 15) is 4.79 Å². The molecule has 2 aromatic rings. The van der Waals surface area contributed by atoms with Gasteiger partial charge in [-0.1, -0.05) is 0 Å². The smallest absolute Gasteiger partial charge is 0.210 e. The van der Waals surface area contributed by atoms with Gasteiger partial charge in [-0.05, 0) is 18.3 Å². The molecule has 1 N–H and O–H groups in total. The minimum atomic E-state index is 0.199. The topological polar surface area (TPSA) is 112 Å². The fourth-order valence-electron chi connectivity index (χ4n) is 2.54. The Morgan fingerprint density at radius 1 is 1.41 bits per heavy atom. The first kappa shape index (κ1) is 18.9. The third kappa shape index (κ3) is 4.47. The third-order valence-corrected chi connectivity index (χ3v) is 4.00. The molecule has 0 bridgehead atoms. The summed E-state index contributed by atoms with van der Waals surface area (Å²) in [6.07, 6.45) is 3.74. The normalized spacial score (nSPS) is 15.5. The molecule has 1 aliphatic rings. The number of carbonyl (C=O) groups is 1. The lowest BCUT2D eigenvalue weighted by atomic mass is 10.2. The van der Waals surface area contributed by atoms with Crippen molar-refractivity contribution in [2.75, 3.05) is 44.9 Å². The van der Waals surface area contributed by atoms with E-state index in [1.807, 2.05) is 0 Å². The van der Waals surface area contributed by atoms with Crippen LogP contribution in [0.5, 0.6) is 0 Å². The molecular weight excluding hydrogens is 372 g/mol. The minimum Gasteiger partial charge on any atom is -0.378 e. The number of aromatic nitrogens is 4. The van der Waals surface area contributed by atoms with Crippen molar-refractivity contribution in [2.45, 2.75) is 0 Å². The lowest BCUT2D eigenvalue weighted by Gasteiger charge is -2.28. The van der Waals surface area contributed by atoms with Crippen molar-refractivity contribution >= 4 is 53.5 Å². The molecule has 0 aliphatic carbocycles. The Labute approximate surface area is 160 Å². The summed E-state index contributed by atoms with van der Waals surface area (Å²) in [6.45, 7) is 6.29. The zero-order valence-corrected chi connectivity index (χ0v) is 15.6. The number of carbonyl (C=O) groups excluding carboxylic acids is 1. The summed E-state index contributed by atoms with van der Waals surface area (Å²) in [5, 5.41) is 0.236. The van der Waals surface area contributed by atoms with Gasteiger partial charge in [0.15, 0.2) is 17.3 Å². The summed E-state index contributed by atoms with van der Waals surface area (Å²) in [5.41, 5.74) is 1.65. The number of hydrogen-bond donors (Lipinski definition) is 1. The number of imidazole rings is 1. The Morgan fingerprint density at radius 2 is 2.19 bits per heavy atom. The summed E-state index contributed by atoms with van der Waals surface area (Å²) >= 11 is 6.04. The summed E-state index contributed by atoms with van der Waals surface area (Å²) in [6, 6.07) is 0. The minimum absolute atomic E-state index is 0.199. The number of halogens is 1. The Balaban J connectivity index is 2.02. The Bertz CT molecular complexity index is 888. The number of nitrogens with zero attached hydrogens (tertiary/aromatic N) is 7. The maximum Gasteiger partial charge on any atom is 0.210 e. The molecule has 0 atom stereocenters. The molecule has 1 saturated heterocycles. The van der Waals surface area contributed by atoms with E-state index in [0.717, 1.165) is 0 Å². The van der Waals surface area contributed by atoms with Gasteiger partial charge in [0.2, 0.25) is 11.7 Å². The van der Waals surface area contributed by atoms with E-state index in [-0.39, 0.29) is 12.0 Å². The van der Waals surface area contributed by atoms with Crippen molar-refractivity contribution in [1.82, 2.24) is 24.8 Å². The summed E-state index contributed by atoms with van der Waals surface area (Å²) in [7, 11) is 1.63. The van der Waals surface area contributed by atoms with Crippen molar-refractivity contribution in [2.24, 2.45) is 9.98 Å². The zero-order chi connectivity index (χ0) is 19.2. The number of rotatable bonds is 7. The fourth-order valence-corrected chi connectivity index (χ4v) is 2.71. The van der Waals surface area contributed by atoms with Crippen molar-refractivity contribution in [3.63, 3.8) is 0 Å². The Kier molecular flexibility index (Phi) is 6.09. The van der Waals surface area contributed by atoms with Gasteiger partial charge < -0.3 is 19.5 Å². The largest absolute Gasteiger partial charge is 0.378 e. The molecule has 1 amide bonds. The first-order valence-corrected chi connectivity index (χ1v) is 8.58. The van der Waals surface area contributed by atoms with E-state index < -0.39 is 0 Å². The van der Waals surface area contributed by atoms with Crippen LogP contribution in [0.25, 0.3) is 16.7 Å². The van der Waals surface area contributed by atoms with Crippen molar-refractivity contribution in [3.8, 4) is 0 Å². The van der Waals surface area contributed by atoms with Gasteiger partial charge in [-0.3, -0.25) is 14.8 Å². The van der Waals surface area contributed by atoms with E-state index in [0.29, 0.717) is 61.1 Å². The molecule has 142 valence electrons. The van der Waals surface area contributed by atoms with E-state index in [4.69, 9.17) is 16.3 Å². The predicted molar refractivity (Wildman–Crippen MR) is 104 cm³/mol. The molecule has 11 heteroatoms. The quantitative estimate of drug-likeness (QED) is 0.429. The van der Waals surface area contributed by atoms with E-state index >= 15 is 0 Å². The first-order chi connectivity index (χ1) is 13.1. The van der Waals surface area contributed by atoms with E-state index in [1.54, 1.807) is 13.3 Å². The lowest BCUT2D eigenvalue weighted by molar-refractivity contribution is -0.116. The van der Waals surface area contributed by atoms with Crippen LogP contribution in [0.1, 0.15) is 5.82 Å². The lowest BCUT2D eigenvalue weighted by Crippen LogP contribution is -2.37. The standard InChI is InChI=1S/C16H19ClN8O2/c1-18-7-11(8-19-9-24(2)10-26)13-21-14-12(20-16(17)23-14)15(22-13)25-3-5-27-6-4-25/h7-8,10H,1,3-6,9H2,2H3,(H,20,21,22,23)/b11-7+,19-8-. The molecule has 0 unspecified atom stereocenters. The van der Waals surface area contributed by atoms with Crippen LogP contribution in [-0.2, 0) is 9.53 Å². The summed E-state index contributed by atoms with van der Waals surface area (Å²) in [4.78, 5) is 38.5. The number of morpholine rings is 1. The van der Waals surface area contributed by atoms with Gasteiger partial charge in [-0.25, -0.2) is 9.97 Å². The molecule has 10 nitrogen and oxygen atoms in total. The Morgan fingerprint density at radius 3 is 2.89 bits per heavy atom. The SMILES string of the molecule is C=N/C=C(\C=N/CN(C)C=O)c1nc(N2CCOCC2)c2[nH]c(Cl)nc2n1. The molecule has 0 saturated carbocycles. The second kappa shape index (κ2) is 8.69. The highest BCUT2D eigenvalue weighted by atomic mass is 35.5. The van der Waals surface area contributed by atoms with Crippen LogP contribution in [0.15, 0.2) is 16.2 Å². The highest BCUT2D eigenvalue weighted by Crippen LogP contribution is 2.26. The molecule has 27 heavy (non-hydrogen) atoms. The second-order valence-electron chi connectivity index (χ2n) is 5.78. The van der Waals surface area contributed by atoms with Crippen LogP contribution in [0, 0.1) is 0 Å². The van der Waals surface area contributed by atoms with Crippen molar-refractivity contribution in [3.05, 3.63) is 17.3 Å². The van der Waals surface area contributed by atoms with Gasteiger partial charge in [0.05, 0.1) is 18.8 Å². The molecule has 0 spiro atoms. The van der Waals surface area contributed by atoms with Crippen molar-refractivity contribution in [1.29, 1.82) is 0 Å². The van der Waals surface area contributed by atoms with Gasteiger partial charge in [0, 0.05) is 32.6 Å². The number of H-pyrrole nitrogens is 1. The number of nitrogens with one attached hydrogen (secondary N) is 1. The van der Waals surface area contributed by atoms with Gasteiger partial charge in [-0.15, -0.1) is 0 Å². The highest BCUT2D eigenvalue weighted by molar-refractivity contribution is 6.29. The van der Waals surface area contributed by atoms with Gasteiger partial charge in [0.1, 0.15) is 12.2 Å². The maximum absolute atomic E-state index is 10.7. The number of anilines is 1. The van der Waals surface area contributed by atoms with Crippen LogP contribution >= 0.6 is 11.6 Å². The van der Waals surface area contributed by atoms with Crippen molar-refractivity contribution < 1.29 is 9.53 Å². The highest BCUT2D eigenvalue weighted by Gasteiger charge is 2.20. The van der Waals surface area contributed by atoms with Gasteiger partial charge >= 0.3 is 0 Å². The average Bonchev–Trinajstić information content (AvgIpc) is 3.07. The average molecular weight is 391 g/mol. The third-order valence-electron chi connectivity index (χ3n) is 3.82. The number of hydrogen-bond acceptors (Lipinski definition) is 8.